The van der Waals surface area contributed by atoms with E-state index in [4.69, 9.17) is 0 Å². The van der Waals surface area contributed by atoms with Gasteiger partial charge < -0.3 is 29.7 Å². The van der Waals surface area contributed by atoms with Gasteiger partial charge in [0.2, 0.25) is 0 Å². The van der Waals surface area contributed by atoms with Crippen molar-refractivity contribution in [3.8, 4) is 0 Å². The number of aliphatic carboxylic acids is 3. The Kier molecular flexibility index (Phi) is 20.5. The molecule has 0 spiro atoms. The number of ketones is 6. The van der Waals surface area contributed by atoms with Gasteiger partial charge in [-0.3, -0.25) is 28.8 Å². The average molecular weight is 573 g/mol. The van der Waals surface area contributed by atoms with E-state index in [-0.39, 0.29) is 20.4 Å². The quantitative estimate of drug-likeness (QED) is 0.187. The zero-order valence-electron chi connectivity index (χ0n) is 14.9. The minimum absolute atomic E-state index is 0. The molecule has 0 saturated carbocycles. The summed E-state index contributed by atoms with van der Waals surface area (Å²) in [6.07, 6.45) is -1.70. The predicted octanol–water partition coefficient (Wildman–Crippen LogP) is -5.15. The largest absolute Gasteiger partial charge is 0.542 e. The van der Waals surface area contributed by atoms with E-state index in [0.29, 0.717) is 0 Å². The number of Topliss-reactive ketones (excluding diaryl/α,β-unsaturated/α-hetero) is 6. The third-order valence-electron chi connectivity index (χ3n) is 1.91. The number of carboxylic acids is 3. The molecule has 0 unspecified atom stereocenters. The van der Waals surface area contributed by atoms with Crippen LogP contribution in [0.4, 0.5) is 0 Å². The SMILES string of the molecule is CC(=O)CC(=O)C(=O)[O-].CC(=O)CC(=O)C(=O)[O-].CC(=O)CC(=O)C(=O)[O-].[Re]. The van der Waals surface area contributed by atoms with Gasteiger partial charge in [-0.2, -0.15) is 0 Å². The molecule has 0 atom stereocenters. The molecule has 157 valence electrons. The van der Waals surface area contributed by atoms with Gasteiger partial charge in [0.25, 0.3) is 0 Å². The average Bonchev–Trinajstić information content (AvgIpc) is 2.46. The molecule has 13 heteroatoms. The standard InChI is InChI=1S/3C5H6O4.Re/c3*1-3(6)2-4(7)5(8)9;/h3*2H2,1H3,(H,8,9);/p-3. The van der Waals surface area contributed by atoms with Crippen LogP contribution < -0.4 is 15.3 Å². The number of hydrogen-bond acceptors (Lipinski definition) is 12. The summed E-state index contributed by atoms with van der Waals surface area (Å²) in [6.45, 7) is 3.42. The molecule has 0 aromatic rings. The Labute approximate surface area is 171 Å². The molecular formula is C15H15O12Re-3. The number of carboxylic acid groups (broad SMARTS) is 3. The molecule has 0 aromatic carbocycles. The fourth-order valence-corrected chi connectivity index (χ4v) is 0.895. The Morgan fingerprint density at radius 1 is 0.464 bits per heavy atom. The van der Waals surface area contributed by atoms with Crippen molar-refractivity contribution in [2.24, 2.45) is 0 Å². The molecule has 1 radical (unpaired) electrons. The van der Waals surface area contributed by atoms with E-state index in [0.717, 1.165) is 20.8 Å². The predicted molar refractivity (Wildman–Crippen MR) is 75.9 cm³/mol. The van der Waals surface area contributed by atoms with Crippen molar-refractivity contribution in [1.82, 2.24) is 0 Å². The summed E-state index contributed by atoms with van der Waals surface area (Å²) >= 11 is 0. The van der Waals surface area contributed by atoms with Crippen LogP contribution in [0.5, 0.6) is 0 Å². The fourth-order valence-electron chi connectivity index (χ4n) is 0.895. The number of carbonyl (C=O) groups is 9. The van der Waals surface area contributed by atoms with Gasteiger partial charge in [-0.15, -0.1) is 0 Å². The van der Waals surface area contributed by atoms with Crippen LogP contribution in [0.25, 0.3) is 0 Å². The van der Waals surface area contributed by atoms with E-state index in [1.54, 1.807) is 0 Å². The van der Waals surface area contributed by atoms with Crippen LogP contribution in [-0.2, 0) is 63.6 Å². The molecule has 0 aliphatic heterocycles. The summed E-state index contributed by atoms with van der Waals surface area (Å²) < 4.78 is 0. The number of rotatable bonds is 9. The van der Waals surface area contributed by atoms with Crippen molar-refractivity contribution in [2.45, 2.75) is 40.0 Å². The van der Waals surface area contributed by atoms with Gasteiger partial charge in [0.05, 0.1) is 19.3 Å². The maximum absolute atomic E-state index is 10.1. The summed E-state index contributed by atoms with van der Waals surface area (Å²) in [5.41, 5.74) is 0. The van der Waals surface area contributed by atoms with Crippen LogP contribution in [0.2, 0.25) is 0 Å². The summed E-state index contributed by atoms with van der Waals surface area (Å²) in [6, 6.07) is 0. The zero-order valence-corrected chi connectivity index (χ0v) is 17.6. The van der Waals surface area contributed by atoms with E-state index in [1.165, 1.54) is 0 Å². The molecule has 0 fully saturated rings. The smallest absolute Gasteiger partial charge is 0.185 e. The topological polar surface area (TPSA) is 223 Å². The fraction of sp³-hybridized carbons (Fsp3) is 0.400. The van der Waals surface area contributed by atoms with Crippen LogP contribution in [0, 0.1) is 0 Å². The van der Waals surface area contributed by atoms with E-state index >= 15 is 0 Å². The van der Waals surface area contributed by atoms with E-state index in [1.807, 2.05) is 0 Å². The van der Waals surface area contributed by atoms with Gasteiger partial charge in [-0.25, -0.2) is 0 Å². The first kappa shape index (κ1) is 32.7. The van der Waals surface area contributed by atoms with Crippen molar-refractivity contribution in [3.63, 3.8) is 0 Å². The normalized spacial score (nSPS) is 8.25. The molecule has 0 N–H and O–H groups in total. The maximum atomic E-state index is 10.1. The molecule has 0 aliphatic rings. The monoisotopic (exact) mass is 574 g/mol. The molecule has 12 nitrogen and oxygen atoms in total. The third-order valence-corrected chi connectivity index (χ3v) is 1.91. The van der Waals surface area contributed by atoms with Crippen molar-refractivity contribution >= 4 is 52.6 Å². The van der Waals surface area contributed by atoms with Crippen molar-refractivity contribution in [3.05, 3.63) is 0 Å². The van der Waals surface area contributed by atoms with Gasteiger partial charge in [0.1, 0.15) is 35.3 Å². The molecule has 0 aromatic heterocycles. The first-order chi connectivity index (χ1) is 12.1. The Bertz CT molecular complexity index is 572. The summed E-state index contributed by atoms with van der Waals surface area (Å²) in [7, 11) is 0. The van der Waals surface area contributed by atoms with Crippen LogP contribution in [0.3, 0.4) is 0 Å². The maximum Gasteiger partial charge on any atom is 0.185 e. The summed E-state index contributed by atoms with van der Waals surface area (Å²) in [5.74, 6) is -10.3. The van der Waals surface area contributed by atoms with Crippen molar-refractivity contribution in [1.29, 1.82) is 0 Å². The van der Waals surface area contributed by atoms with Crippen LogP contribution in [-0.4, -0.2) is 52.6 Å². The Morgan fingerprint density at radius 2 is 0.607 bits per heavy atom. The molecule has 28 heavy (non-hydrogen) atoms. The zero-order chi connectivity index (χ0) is 22.3. The second kappa shape index (κ2) is 17.5. The van der Waals surface area contributed by atoms with Gasteiger partial charge >= 0.3 is 0 Å². The first-order valence-electron chi connectivity index (χ1n) is 6.82. The molecule has 0 heterocycles. The van der Waals surface area contributed by atoms with Crippen LogP contribution >= 0.6 is 0 Å². The molecule has 0 amide bonds. The molecule has 0 aliphatic carbocycles. The Morgan fingerprint density at radius 3 is 0.643 bits per heavy atom. The number of carbonyl (C=O) groups excluding carboxylic acids is 9. The minimum atomic E-state index is -1.80. The first-order valence-corrected chi connectivity index (χ1v) is 6.82. The minimum Gasteiger partial charge on any atom is -0.542 e. The Balaban J connectivity index is -0.000000152. The molecule has 0 rings (SSSR count). The van der Waals surface area contributed by atoms with E-state index in [2.05, 4.69) is 0 Å². The van der Waals surface area contributed by atoms with Gasteiger partial charge in [-0.05, 0) is 20.8 Å². The van der Waals surface area contributed by atoms with Crippen LogP contribution in [0.15, 0.2) is 0 Å². The molecule has 0 saturated heterocycles. The van der Waals surface area contributed by atoms with Gasteiger partial charge in [0, 0.05) is 20.4 Å². The summed E-state index contributed by atoms with van der Waals surface area (Å²) in [4.78, 5) is 89.2. The molecular weight excluding hydrogens is 558 g/mol. The second-order valence-corrected chi connectivity index (χ2v) is 4.77. The van der Waals surface area contributed by atoms with Crippen LogP contribution in [0.1, 0.15) is 40.0 Å². The molecule has 0 bridgehead atoms. The third kappa shape index (κ3) is 25.3. The van der Waals surface area contributed by atoms with E-state index in [9.17, 15) is 58.5 Å². The van der Waals surface area contributed by atoms with Crippen molar-refractivity contribution < 1.29 is 78.9 Å². The second-order valence-electron chi connectivity index (χ2n) is 4.77. The van der Waals surface area contributed by atoms with Gasteiger partial charge in [-0.1, -0.05) is 0 Å². The van der Waals surface area contributed by atoms with Gasteiger partial charge in [0.15, 0.2) is 17.3 Å². The Hall–Kier alpha value is -2.91. The summed E-state index contributed by atoms with van der Waals surface area (Å²) in [5, 5.41) is 28.9. The van der Waals surface area contributed by atoms with Crippen molar-refractivity contribution in [2.75, 3.05) is 0 Å². The van der Waals surface area contributed by atoms with E-state index < -0.39 is 71.9 Å². The number of hydrogen-bond donors (Lipinski definition) is 0.